The number of carboxylic acids is 1. The molecule has 6 nitrogen and oxygen atoms in total. The van der Waals surface area contributed by atoms with Gasteiger partial charge in [0.15, 0.2) is 0 Å². The zero-order chi connectivity index (χ0) is 5.49. The van der Waals surface area contributed by atoms with Crippen LogP contribution in [0.4, 0.5) is 0 Å². The van der Waals surface area contributed by atoms with Crippen LogP contribution >= 0.6 is 0 Å². The van der Waals surface area contributed by atoms with Gasteiger partial charge in [0.1, 0.15) is 5.54 Å². The van der Waals surface area contributed by atoms with Gasteiger partial charge in [-0.3, -0.25) is 4.79 Å². The van der Waals surface area contributed by atoms with Gasteiger partial charge in [-0.15, -0.1) is 0 Å². The molecular weight excluding hydrogens is 142 g/mol. The van der Waals surface area contributed by atoms with Gasteiger partial charge < -0.3 is 27.3 Å². The van der Waals surface area contributed by atoms with Crippen molar-refractivity contribution in [2.24, 2.45) is 5.73 Å². The highest BCUT2D eigenvalue weighted by Crippen LogP contribution is 2.31. The van der Waals surface area contributed by atoms with Crippen molar-refractivity contribution < 1.29 is 26.3 Å². The summed E-state index contributed by atoms with van der Waals surface area (Å²) in [5.41, 5.74) is 4.36. The first-order valence-electron chi connectivity index (χ1n) is 2.17. The van der Waals surface area contributed by atoms with Gasteiger partial charge in [0, 0.05) is 0 Å². The lowest BCUT2D eigenvalue weighted by atomic mass is 10.3. The fourth-order valence-electron chi connectivity index (χ4n) is 0.349. The van der Waals surface area contributed by atoms with Crippen LogP contribution in [0.3, 0.4) is 0 Å². The molecule has 0 unspecified atom stereocenters. The minimum Gasteiger partial charge on any atom is -0.480 e. The van der Waals surface area contributed by atoms with Crippen molar-refractivity contribution in [2.45, 2.75) is 18.4 Å². The Morgan fingerprint density at radius 1 is 1.30 bits per heavy atom. The van der Waals surface area contributed by atoms with Gasteiger partial charge in [0.05, 0.1) is 0 Å². The first-order valence-corrected chi connectivity index (χ1v) is 2.17. The number of hydrogen-bond acceptors (Lipinski definition) is 2. The van der Waals surface area contributed by atoms with Crippen molar-refractivity contribution in [3.05, 3.63) is 0 Å². The Morgan fingerprint density at radius 2 is 1.60 bits per heavy atom. The topological polar surface area (TPSA) is 158 Å². The molecule has 1 aliphatic carbocycles. The van der Waals surface area contributed by atoms with Gasteiger partial charge in [0.25, 0.3) is 0 Å². The number of carboxylic acid groups (broad SMARTS) is 1. The van der Waals surface area contributed by atoms with E-state index in [2.05, 4.69) is 0 Å². The molecule has 10 heavy (non-hydrogen) atoms. The number of carbonyl (C=O) groups is 1. The van der Waals surface area contributed by atoms with E-state index in [0.717, 1.165) is 0 Å². The SMILES string of the molecule is NC1(C(=O)O)CC1.O.O.O. The van der Waals surface area contributed by atoms with Crippen LogP contribution in [0.1, 0.15) is 12.8 Å². The summed E-state index contributed by atoms with van der Waals surface area (Å²) in [6.07, 6.45) is 1.28. The second-order valence-corrected chi connectivity index (χ2v) is 1.96. The largest absolute Gasteiger partial charge is 0.480 e. The van der Waals surface area contributed by atoms with Crippen molar-refractivity contribution in [1.29, 1.82) is 0 Å². The van der Waals surface area contributed by atoms with Crippen molar-refractivity contribution in [2.75, 3.05) is 0 Å². The Hall–Kier alpha value is -0.690. The molecule has 1 rings (SSSR count). The van der Waals surface area contributed by atoms with Gasteiger partial charge in [0.2, 0.25) is 0 Å². The molecule has 0 heterocycles. The van der Waals surface area contributed by atoms with Gasteiger partial charge in [-0.25, -0.2) is 0 Å². The highest BCUT2D eigenvalue weighted by atomic mass is 16.4. The van der Waals surface area contributed by atoms with Gasteiger partial charge in [-0.05, 0) is 12.8 Å². The molecule has 0 atom stereocenters. The first-order chi connectivity index (χ1) is 3.15. The lowest BCUT2D eigenvalue weighted by Crippen LogP contribution is -2.31. The van der Waals surface area contributed by atoms with Crippen LogP contribution in [0.15, 0.2) is 0 Å². The molecular formula is C4H13NO5. The molecule has 0 spiro atoms. The lowest BCUT2D eigenvalue weighted by Gasteiger charge is -1.95. The van der Waals surface area contributed by atoms with E-state index in [1.54, 1.807) is 0 Å². The zero-order valence-corrected chi connectivity index (χ0v) is 5.35. The Bertz CT molecular complexity index is 110. The highest BCUT2D eigenvalue weighted by Gasteiger charge is 2.46. The minimum absolute atomic E-state index is 0. The number of nitrogens with two attached hydrogens (primary N) is 1. The van der Waals surface area contributed by atoms with Crippen LogP contribution in [0, 0.1) is 0 Å². The molecule has 1 fully saturated rings. The van der Waals surface area contributed by atoms with Crippen molar-refractivity contribution >= 4 is 5.97 Å². The summed E-state index contributed by atoms with van der Waals surface area (Å²) in [5.74, 6) is -0.868. The summed E-state index contributed by atoms with van der Waals surface area (Å²) >= 11 is 0. The van der Waals surface area contributed by atoms with Crippen LogP contribution in [-0.2, 0) is 4.79 Å². The maximum absolute atomic E-state index is 9.96. The molecule has 0 saturated heterocycles. The summed E-state index contributed by atoms with van der Waals surface area (Å²) < 4.78 is 0. The molecule has 0 aromatic heterocycles. The van der Waals surface area contributed by atoms with Crippen molar-refractivity contribution in [1.82, 2.24) is 0 Å². The first kappa shape index (κ1) is 16.1. The monoisotopic (exact) mass is 155 g/mol. The van der Waals surface area contributed by atoms with Crippen LogP contribution in [0.25, 0.3) is 0 Å². The Kier molecular flexibility index (Phi) is 6.75. The normalized spacial score (nSPS) is 16.9. The maximum Gasteiger partial charge on any atom is 0.323 e. The van der Waals surface area contributed by atoms with Crippen LogP contribution in [0.5, 0.6) is 0 Å². The summed E-state index contributed by atoms with van der Waals surface area (Å²) in [6, 6.07) is 0. The zero-order valence-electron chi connectivity index (χ0n) is 5.35. The molecule has 9 N–H and O–H groups in total. The van der Waals surface area contributed by atoms with E-state index in [-0.39, 0.29) is 16.4 Å². The quantitative estimate of drug-likeness (QED) is 0.416. The smallest absolute Gasteiger partial charge is 0.323 e. The molecule has 6 heteroatoms. The fraction of sp³-hybridized carbons (Fsp3) is 0.750. The summed E-state index contributed by atoms with van der Waals surface area (Å²) in [6.45, 7) is 0. The van der Waals surface area contributed by atoms with E-state index in [1.807, 2.05) is 0 Å². The van der Waals surface area contributed by atoms with E-state index < -0.39 is 11.5 Å². The number of hydrogen-bond donors (Lipinski definition) is 2. The minimum atomic E-state index is -0.868. The number of aliphatic carboxylic acids is 1. The lowest BCUT2D eigenvalue weighted by molar-refractivity contribution is -0.139. The molecule has 0 aliphatic heterocycles. The molecule has 0 amide bonds. The van der Waals surface area contributed by atoms with Crippen LogP contribution in [0.2, 0.25) is 0 Å². The standard InChI is InChI=1S/C4H7NO2.3H2O/c5-4(1-2-4)3(6)7;;;/h1-2,5H2,(H,6,7);3*1H2. The third kappa shape index (κ3) is 2.74. The van der Waals surface area contributed by atoms with Crippen LogP contribution < -0.4 is 5.73 Å². The third-order valence-electron chi connectivity index (χ3n) is 1.21. The molecule has 0 aromatic carbocycles. The predicted molar refractivity (Wildman–Crippen MR) is 34.6 cm³/mol. The Labute approximate surface area is 57.6 Å². The van der Waals surface area contributed by atoms with E-state index in [0.29, 0.717) is 12.8 Å². The van der Waals surface area contributed by atoms with Gasteiger partial charge in [-0.1, -0.05) is 0 Å². The summed E-state index contributed by atoms with van der Waals surface area (Å²) in [4.78, 5) is 9.96. The van der Waals surface area contributed by atoms with E-state index in [1.165, 1.54) is 0 Å². The van der Waals surface area contributed by atoms with E-state index >= 15 is 0 Å². The average Bonchev–Trinajstić information content (AvgIpc) is 2.21. The molecule has 0 radical (unpaired) electrons. The summed E-state index contributed by atoms with van der Waals surface area (Å²) in [5, 5.41) is 8.19. The third-order valence-corrected chi connectivity index (χ3v) is 1.21. The van der Waals surface area contributed by atoms with E-state index in [4.69, 9.17) is 10.8 Å². The van der Waals surface area contributed by atoms with E-state index in [9.17, 15) is 4.79 Å². The second-order valence-electron chi connectivity index (χ2n) is 1.96. The molecule has 1 saturated carbocycles. The molecule has 1 aliphatic rings. The second kappa shape index (κ2) is 4.18. The van der Waals surface area contributed by atoms with Crippen molar-refractivity contribution in [3.8, 4) is 0 Å². The van der Waals surface area contributed by atoms with Crippen molar-refractivity contribution in [3.63, 3.8) is 0 Å². The van der Waals surface area contributed by atoms with Gasteiger partial charge in [-0.2, -0.15) is 0 Å². The summed E-state index contributed by atoms with van der Waals surface area (Å²) in [7, 11) is 0. The predicted octanol–water partition coefficient (Wildman–Crippen LogP) is -2.91. The Morgan fingerprint density at radius 3 is 1.60 bits per heavy atom. The molecule has 0 bridgehead atoms. The highest BCUT2D eigenvalue weighted by molar-refractivity contribution is 5.81. The number of rotatable bonds is 1. The maximum atomic E-state index is 9.96. The fourth-order valence-corrected chi connectivity index (χ4v) is 0.349. The Balaban J connectivity index is -0.000000163. The molecule has 0 aromatic rings. The van der Waals surface area contributed by atoms with Crippen LogP contribution in [-0.4, -0.2) is 33.0 Å². The molecule has 64 valence electrons. The van der Waals surface area contributed by atoms with Gasteiger partial charge >= 0.3 is 5.97 Å². The average molecular weight is 155 g/mol.